The molecular formula is C13H12ClNS. The summed E-state index contributed by atoms with van der Waals surface area (Å²) in [7, 11) is 0. The van der Waals surface area contributed by atoms with Gasteiger partial charge in [0.1, 0.15) is 0 Å². The Bertz CT molecular complexity index is 478. The summed E-state index contributed by atoms with van der Waals surface area (Å²) in [5, 5.41) is 3.38. The highest BCUT2D eigenvalue weighted by atomic mass is 35.5. The van der Waals surface area contributed by atoms with Gasteiger partial charge in [0, 0.05) is 18.0 Å². The van der Waals surface area contributed by atoms with Crippen molar-refractivity contribution in [3.05, 3.63) is 52.0 Å². The van der Waals surface area contributed by atoms with Crippen molar-refractivity contribution >= 4 is 22.9 Å². The molecule has 1 nitrogen and oxygen atoms in total. The smallest absolute Gasteiger partial charge is 0.0928 e. The largest absolute Gasteiger partial charge is 0.250 e. The zero-order valence-corrected chi connectivity index (χ0v) is 10.3. The normalized spacial score (nSPS) is 23.3. The molecule has 3 rings (SSSR count). The molecule has 2 atom stereocenters. The lowest BCUT2D eigenvalue weighted by atomic mass is 10.0. The molecule has 0 spiro atoms. The van der Waals surface area contributed by atoms with E-state index in [9.17, 15) is 0 Å². The number of thiazole rings is 1. The number of hydrogen-bond acceptors (Lipinski definition) is 2. The Balaban J connectivity index is 1.82. The third-order valence-corrected chi connectivity index (χ3v) is 4.56. The highest BCUT2D eigenvalue weighted by Crippen LogP contribution is 2.42. The van der Waals surface area contributed by atoms with Gasteiger partial charge in [-0.25, -0.2) is 4.98 Å². The molecule has 2 unspecified atom stereocenters. The van der Waals surface area contributed by atoms with Crippen LogP contribution in [0, 0.1) is 5.92 Å². The topological polar surface area (TPSA) is 12.9 Å². The summed E-state index contributed by atoms with van der Waals surface area (Å²) in [6.45, 7) is 0. The van der Waals surface area contributed by atoms with E-state index in [0.29, 0.717) is 5.92 Å². The van der Waals surface area contributed by atoms with Crippen LogP contribution in [0.5, 0.6) is 0 Å². The van der Waals surface area contributed by atoms with E-state index >= 15 is 0 Å². The lowest BCUT2D eigenvalue weighted by Crippen LogP contribution is -2.06. The maximum Gasteiger partial charge on any atom is 0.0928 e. The van der Waals surface area contributed by atoms with Gasteiger partial charge < -0.3 is 0 Å². The molecule has 0 fully saturated rings. The van der Waals surface area contributed by atoms with Crippen LogP contribution >= 0.6 is 22.9 Å². The second kappa shape index (κ2) is 4.19. The zero-order chi connectivity index (χ0) is 11.0. The summed E-state index contributed by atoms with van der Waals surface area (Å²) in [6, 6.07) is 8.50. The van der Waals surface area contributed by atoms with Gasteiger partial charge in [0.2, 0.25) is 0 Å². The fourth-order valence-corrected chi connectivity index (χ4v) is 3.48. The Hall–Kier alpha value is -0.860. The van der Waals surface area contributed by atoms with E-state index in [0.717, 1.165) is 12.8 Å². The standard InChI is InChI=1S/C13H12ClNS/c14-13-10(8-12-15-5-6-16-12)7-9-3-1-2-4-11(9)13/h1-6,10,13H,7-8H2. The van der Waals surface area contributed by atoms with Gasteiger partial charge in [0.25, 0.3) is 0 Å². The molecule has 0 bridgehead atoms. The predicted octanol–water partition coefficient (Wildman–Crippen LogP) is 3.84. The van der Waals surface area contributed by atoms with Crippen molar-refractivity contribution in [3.8, 4) is 0 Å². The number of aromatic nitrogens is 1. The Morgan fingerprint density at radius 3 is 3.00 bits per heavy atom. The van der Waals surface area contributed by atoms with Crippen LogP contribution in [0.25, 0.3) is 0 Å². The van der Waals surface area contributed by atoms with Crippen molar-refractivity contribution in [2.45, 2.75) is 18.2 Å². The summed E-state index contributed by atoms with van der Waals surface area (Å²) in [4.78, 5) is 4.34. The van der Waals surface area contributed by atoms with Crippen LogP contribution < -0.4 is 0 Å². The molecule has 16 heavy (non-hydrogen) atoms. The van der Waals surface area contributed by atoms with Crippen LogP contribution in [0.2, 0.25) is 0 Å². The first-order valence-electron chi connectivity index (χ1n) is 5.45. The second-order valence-corrected chi connectivity index (χ2v) is 5.64. The molecule has 1 aromatic heterocycles. The van der Waals surface area contributed by atoms with Crippen LogP contribution in [-0.2, 0) is 12.8 Å². The molecule has 1 heterocycles. The van der Waals surface area contributed by atoms with E-state index in [2.05, 4.69) is 29.2 Å². The lowest BCUT2D eigenvalue weighted by Gasteiger charge is -2.11. The Morgan fingerprint density at radius 2 is 2.25 bits per heavy atom. The van der Waals surface area contributed by atoms with Crippen molar-refractivity contribution in [1.29, 1.82) is 0 Å². The highest BCUT2D eigenvalue weighted by molar-refractivity contribution is 7.09. The van der Waals surface area contributed by atoms with Crippen LogP contribution in [0.3, 0.4) is 0 Å². The minimum atomic E-state index is 0.153. The van der Waals surface area contributed by atoms with E-state index in [4.69, 9.17) is 11.6 Å². The van der Waals surface area contributed by atoms with Crippen LogP contribution in [0.4, 0.5) is 0 Å². The third-order valence-electron chi connectivity index (χ3n) is 3.17. The fourth-order valence-electron chi connectivity index (χ4n) is 2.38. The Morgan fingerprint density at radius 1 is 1.38 bits per heavy atom. The van der Waals surface area contributed by atoms with Gasteiger partial charge in [0.15, 0.2) is 0 Å². The molecule has 1 aliphatic carbocycles. The van der Waals surface area contributed by atoms with Gasteiger partial charge in [-0.1, -0.05) is 24.3 Å². The summed E-state index contributed by atoms with van der Waals surface area (Å²) in [6.07, 6.45) is 3.95. The van der Waals surface area contributed by atoms with Crippen molar-refractivity contribution in [2.75, 3.05) is 0 Å². The minimum Gasteiger partial charge on any atom is -0.250 e. The summed E-state index contributed by atoms with van der Waals surface area (Å²) >= 11 is 8.22. The van der Waals surface area contributed by atoms with Crippen LogP contribution in [0.1, 0.15) is 21.5 Å². The molecule has 2 aromatic rings. The molecule has 0 amide bonds. The molecule has 1 aromatic carbocycles. The van der Waals surface area contributed by atoms with Gasteiger partial charge in [-0.2, -0.15) is 0 Å². The summed E-state index contributed by atoms with van der Waals surface area (Å²) in [5.74, 6) is 0.505. The van der Waals surface area contributed by atoms with Crippen molar-refractivity contribution in [2.24, 2.45) is 5.92 Å². The third kappa shape index (κ3) is 1.76. The lowest BCUT2D eigenvalue weighted by molar-refractivity contribution is 0.542. The first-order chi connectivity index (χ1) is 7.84. The van der Waals surface area contributed by atoms with Crippen LogP contribution in [-0.4, -0.2) is 4.98 Å². The first-order valence-corrected chi connectivity index (χ1v) is 6.76. The number of nitrogens with zero attached hydrogens (tertiary/aromatic N) is 1. The number of halogens is 1. The van der Waals surface area contributed by atoms with E-state index < -0.39 is 0 Å². The number of alkyl halides is 1. The highest BCUT2D eigenvalue weighted by Gasteiger charge is 2.30. The molecule has 0 N–H and O–H groups in total. The maximum absolute atomic E-state index is 6.50. The van der Waals surface area contributed by atoms with Gasteiger partial charge in [-0.15, -0.1) is 22.9 Å². The van der Waals surface area contributed by atoms with Crippen LogP contribution in [0.15, 0.2) is 35.8 Å². The maximum atomic E-state index is 6.50. The van der Waals surface area contributed by atoms with E-state index in [1.807, 2.05) is 11.6 Å². The minimum absolute atomic E-state index is 0.153. The monoisotopic (exact) mass is 249 g/mol. The number of rotatable bonds is 2. The average Bonchev–Trinajstić information content (AvgIpc) is 2.90. The number of hydrogen-bond donors (Lipinski definition) is 0. The van der Waals surface area contributed by atoms with Gasteiger partial charge in [0.05, 0.1) is 10.4 Å². The van der Waals surface area contributed by atoms with E-state index in [1.165, 1.54) is 16.1 Å². The van der Waals surface area contributed by atoms with Gasteiger partial charge >= 0.3 is 0 Å². The quantitative estimate of drug-likeness (QED) is 0.737. The molecule has 82 valence electrons. The molecule has 0 aliphatic heterocycles. The Labute approximate surface area is 104 Å². The number of benzene rings is 1. The average molecular weight is 250 g/mol. The van der Waals surface area contributed by atoms with E-state index in [-0.39, 0.29) is 5.38 Å². The van der Waals surface area contributed by atoms with Crippen molar-refractivity contribution in [1.82, 2.24) is 4.98 Å². The molecule has 0 saturated heterocycles. The summed E-state index contributed by atoms with van der Waals surface area (Å²) in [5.41, 5.74) is 2.72. The molecule has 0 saturated carbocycles. The molecule has 0 radical (unpaired) electrons. The Kier molecular flexibility index (Phi) is 2.70. The first kappa shape index (κ1) is 10.3. The SMILES string of the molecule is ClC1c2ccccc2CC1Cc1nccs1. The number of fused-ring (bicyclic) bond motifs is 1. The molecule has 1 aliphatic rings. The molecular weight excluding hydrogens is 238 g/mol. The van der Waals surface area contributed by atoms with Crippen molar-refractivity contribution in [3.63, 3.8) is 0 Å². The zero-order valence-electron chi connectivity index (χ0n) is 8.77. The predicted molar refractivity (Wildman–Crippen MR) is 68.0 cm³/mol. The van der Waals surface area contributed by atoms with Gasteiger partial charge in [-0.3, -0.25) is 0 Å². The fraction of sp³-hybridized carbons (Fsp3) is 0.308. The second-order valence-electron chi connectivity index (χ2n) is 4.19. The molecule has 3 heteroatoms. The van der Waals surface area contributed by atoms with Crippen molar-refractivity contribution < 1.29 is 0 Å². The van der Waals surface area contributed by atoms with E-state index in [1.54, 1.807) is 11.3 Å². The summed E-state index contributed by atoms with van der Waals surface area (Å²) < 4.78 is 0. The van der Waals surface area contributed by atoms with Gasteiger partial charge in [-0.05, 0) is 23.5 Å².